The second-order valence-corrected chi connectivity index (χ2v) is 5.76. The van der Waals surface area contributed by atoms with Gasteiger partial charge in [0.25, 0.3) is 0 Å². The predicted molar refractivity (Wildman–Crippen MR) is 68.7 cm³/mol. The lowest BCUT2D eigenvalue weighted by Gasteiger charge is -2.07. The summed E-state index contributed by atoms with van der Waals surface area (Å²) in [7, 11) is 3.27. The van der Waals surface area contributed by atoms with Crippen molar-refractivity contribution in [2.24, 2.45) is 4.99 Å². The highest BCUT2D eigenvalue weighted by Gasteiger charge is 2.31. The fourth-order valence-corrected chi connectivity index (χ4v) is 2.70. The molecule has 1 aliphatic rings. The first-order chi connectivity index (χ1) is 7.98. The largest absolute Gasteiger partial charge is 0.491 e. The van der Waals surface area contributed by atoms with Crippen LogP contribution in [0.1, 0.15) is 24.3 Å². The molecule has 0 aromatic carbocycles. The van der Waals surface area contributed by atoms with Crippen molar-refractivity contribution < 1.29 is 14.2 Å². The first kappa shape index (κ1) is 12.2. The average Bonchev–Trinajstić information content (AvgIpc) is 2.77. The maximum Gasteiger partial charge on any atom is 0.221 e. The van der Waals surface area contributed by atoms with E-state index >= 15 is 0 Å². The van der Waals surface area contributed by atoms with Gasteiger partial charge in [-0.2, -0.15) is 0 Å². The van der Waals surface area contributed by atoms with E-state index in [0.29, 0.717) is 18.3 Å². The average molecular weight is 255 g/mol. The Balaban J connectivity index is 2.49. The summed E-state index contributed by atoms with van der Waals surface area (Å²) >= 11 is 1.54. The van der Waals surface area contributed by atoms with Crippen LogP contribution in [0, 0.1) is 6.92 Å². The number of aryl methyl sites for hydroxylation is 1. The maximum absolute atomic E-state index is 5.66. The molecule has 5 heteroatoms. The zero-order valence-corrected chi connectivity index (χ0v) is 11.6. The van der Waals surface area contributed by atoms with Gasteiger partial charge >= 0.3 is 0 Å². The minimum atomic E-state index is -0.165. The summed E-state index contributed by atoms with van der Waals surface area (Å²) in [6.07, 6.45) is 0. The quantitative estimate of drug-likeness (QED) is 0.833. The molecule has 0 N–H and O–H groups in total. The minimum absolute atomic E-state index is 0.165. The highest BCUT2D eigenvalue weighted by molar-refractivity contribution is 7.14. The molecule has 0 unspecified atom stereocenters. The number of thiophene rings is 1. The molecule has 1 aromatic heterocycles. The molecule has 17 heavy (non-hydrogen) atoms. The van der Waals surface area contributed by atoms with Crippen LogP contribution in [0.2, 0.25) is 0 Å². The standard InChI is InChI=1S/C12H17NO3S/c1-7-8(9(14-4)11(15-5)17-7)10-13-12(2,3)6-16-10/h6H2,1-5H3. The third kappa shape index (κ3) is 2.11. The summed E-state index contributed by atoms with van der Waals surface area (Å²) in [5.41, 5.74) is 0.752. The van der Waals surface area contributed by atoms with E-state index in [1.165, 1.54) is 0 Å². The topological polar surface area (TPSA) is 40.0 Å². The van der Waals surface area contributed by atoms with E-state index < -0.39 is 0 Å². The van der Waals surface area contributed by atoms with Crippen molar-refractivity contribution in [3.63, 3.8) is 0 Å². The highest BCUT2D eigenvalue weighted by atomic mass is 32.1. The third-order valence-corrected chi connectivity index (χ3v) is 3.63. The molecule has 0 bridgehead atoms. The third-order valence-electron chi connectivity index (χ3n) is 2.58. The van der Waals surface area contributed by atoms with Crippen LogP contribution in [0.4, 0.5) is 0 Å². The lowest BCUT2D eigenvalue weighted by Crippen LogP contribution is -2.17. The maximum atomic E-state index is 5.66. The van der Waals surface area contributed by atoms with Crippen LogP contribution < -0.4 is 9.47 Å². The zero-order valence-electron chi connectivity index (χ0n) is 10.8. The molecule has 0 aliphatic carbocycles. The van der Waals surface area contributed by atoms with Gasteiger partial charge in [-0.1, -0.05) is 11.3 Å². The summed E-state index contributed by atoms with van der Waals surface area (Å²) in [5, 5.41) is 0.760. The Labute approximate surface area is 105 Å². The van der Waals surface area contributed by atoms with Crippen LogP contribution in [-0.2, 0) is 4.74 Å². The number of rotatable bonds is 3. The first-order valence-electron chi connectivity index (χ1n) is 5.43. The molecule has 0 atom stereocenters. The summed E-state index contributed by atoms with van der Waals surface area (Å²) in [4.78, 5) is 5.67. The van der Waals surface area contributed by atoms with E-state index in [2.05, 4.69) is 4.99 Å². The molecular weight excluding hydrogens is 238 g/mol. The fraction of sp³-hybridized carbons (Fsp3) is 0.583. The fourth-order valence-electron chi connectivity index (χ4n) is 1.78. The Kier molecular flexibility index (Phi) is 3.03. The van der Waals surface area contributed by atoms with Crippen LogP contribution in [0.25, 0.3) is 0 Å². The molecule has 0 saturated carbocycles. The van der Waals surface area contributed by atoms with Gasteiger partial charge in [0.05, 0.1) is 25.3 Å². The lowest BCUT2D eigenvalue weighted by atomic mass is 10.1. The SMILES string of the molecule is COc1sc(C)c(C2=NC(C)(C)CO2)c1OC. The zero-order chi connectivity index (χ0) is 12.6. The minimum Gasteiger partial charge on any atom is -0.491 e. The van der Waals surface area contributed by atoms with Crippen LogP contribution in [0.3, 0.4) is 0 Å². The Bertz CT molecular complexity index is 463. The molecule has 1 aliphatic heterocycles. The van der Waals surface area contributed by atoms with Gasteiger partial charge in [-0.05, 0) is 20.8 Å². The summed E-state index contributed by atoms with van der Waals surface area (Å²) < 4.78 is 16.3. The molecule has 0 radical (unpaired) electrons. The van der Waals surface area contributed by atoms with Gasteiger partial charge in [0.1, 0.15) is 6.61 Å². The van der Waals surface area contributed by atoms with Crippen LogP contribution in [0.5, 0.6) is 10.8 Å². The predicted octanol–water partition coefficient (Wildman–Crippen LogP) is 2.63. The van der Waals surface area contributed by atoms with E-state index in [4.69, 9.17) is 14.2 Å². The smallest absolute Gasteiger partial charge is 0.221 e. The van der Waals surface area contributed by atoms with Gasteiger partial charge in [-0.3, -0.25) is 0 Å². The molecule has 4 nitrogen and oxygen atoms in total. The van der Waals surface area contributed by atoms with Gasteiger partial charge in [-0.25, -0.2) is 4.99 Å². The Morgan fingerprint density at radius 2 is 2.00 bits per heavy atom. The lowest BCUT2D eigenvalue weighted by molar-refractivity contribution is 0.278. The summed E-state index contributed by atoms with van der Waals surface area (Å²) in [6, 6.07) is 0. The van der Waals surface area contributed by atoms with Crippen molar-refractivity contribution in [1.29, 1.82) is 0 Å². The number of aliphatic imine (C=N–C) groups is 1. The van der Waals surface area contributed by atoms with Gasteiger partial charge < -0.3 is 14.2 Å². The van der Waals surface area contributed by atoms with Crippen LogP contribution >= 0.6 is 11.3 Å². The molecule has 2 rings (SSSR count). The molecule has 1 aromatic rings. The Morgan fingerprint density at radius 1 is 1.29 bits per heavy atom. The van der Waals surface area contributed by atoms with E-state index in [-0.39, 0.29) is 5.54 Å². The molecule has 94 valence electrons. The summed E-state index contributed by atoms with van der Waals surface area (Å²) in [5.74, 6) is 1.37. The Hall–Kier alpha value is -1.23. The number of hydrogen-bond donors (Lipinski definition) is 0. The van der Waals surface area contributed by atoms with Crippen molar-refractivity contribution in [3.05, 3.63) is 10.4 Å². The van der Waals surface area contributed by atoms with Gasteiger partial charge in [-0.15, -0.1) is 0 Å². The van der Waals surface area contributed by atoms with Crippen molar-refractivity contribution in [1.82, 2.24) is 0 Å². The van der Waals surface area contributed by atoms with E-state index in [9.17, 15) is 0 Å². The molecule has 0 fully saturated rings. The summed E-state index contributed by atoms with van der Waals surface area (Å²) in [6.45, 7) is 6.71. The monoisotopic (exact) mass is 255 g/mol. The highest BCUT2D eigenvalue weighted by Crippen LogP contribution is 2.43. The van der Waals surface area contributed by atoms with Crippen LogP contribution in [-0.4, -0.2) is 32.3 Å². The number of nitrogens with zero attached hydrogens (tertiary/aromatic N) is 1. The number of hydrogen-bond acceptors (Lipinski definition) is 5. The second-order valence-electron chi connectivity index (χ2n) is 4.58. The molecule has 0 saturated heterocycles. The van der Waals surface area contributed by atoms with Gasteiger partial charge in [0.15, 0.2) is 5.75 Å². The van der Waals surface area contributed by atoms with Gasteiger partial charge in [0, 0.05) is 4.88 Å². The molecule has 0 spiro atoms. The van der Waals surface area contributed by atoms with Crippen LogP contribution in [0.15, 0.2) is 4.99 Å². The van der Waals surface area contributed by atoms with E-state index in [1.807, 2.05) is 20.8 Å². The second kappa shape index (κ2) is 4.22. The van der Waals surface area contributed by atoms with E-state index in [0.717, 1.165) is 15.5 Å². The van der Waals surface area contributed by atoms with Crippen molar-refractivity contribution >= 4 is 17.2 Å². The molecular formula is C12H17NO3S. The first-order valence-corrected chi connectivity index (χ1v) is 6.24. The van der Waals surface area contributed by atoms with Gasteiger partial charge in [0.2, 0.25) is 11.0 Å². The van der Waals surface area contributed by atoms with Crippen molar-refractivity contribution in [3.8, 4) is 10.8 Å². The normalized spacial score (nSPS) is 17.6. The van der Waals surface area contributed by atoms with E-state index in [1.54, 1.807) is 25.6 Å². The number of ether oxygens (including phenoxy) is 3. The number of methoxy groups -OCH3 is 2. The Morgan fingerprint density at radius 3 is 2.47 bits per heavy atom. The molecule has 2 heterocycles. The van der Waals surface area contributed by atoms with Crippen molar-refractivity contribution in [2.75, 3.05) is 20.8 Å². The van der Waals surface area contributed by atoms with Crippen molar-refractivity contribution in [2.45, 2.75) is 26.3 Å². The molecule has 0 amide bonds.